The number of hydrogen-bond donors (Lipinski definition) is 0. The molecule has 0 saturated carbocycles. The average Bonchev–Trinajstić information content (AvgIpc) is 3.47. The molecule has 3 aliphatic rings. The molecule has 1 heterocycles. The monoisotopic (exact) mass is 632 g/mol. The Kier molecular flexibility index (Phi) is 5.83. The van der Waals surface area contributed by atoms with Gasteiger partial charge >= 0.3 is 0 Å². The second-order valence-electron chi connectivity index (χ2n) is 14.3. The number of ether oxygens (including phenoxy) is 2. The summed E-state index contributed by atoms with van der Waals surface area (Å²) in [6.45, 7) is 8.81. The van der Waals surface area contributed by atoms with Crippen molar-refractivity contribution in [2.24, 2.45) is 0 Å². The standard InChI is InChI=1S/C44H34F2O2/c1-42(2)36-9-7-6-8-30(36)31-17-12-26(22-37(31)42)44(25-10-15-29(47-5)16-11-25)21-20-34-40-39(32-18-13-27(45)23-35(32)41(34)48-44)33-19-14-28(46)24-38(33)43(40,3)4/h6-24H,1-5H3. The van der Waals surface area contributed by atoms with Crippen LogP contribution in [0.4, 0.5) is 8.78 Å². The van der Waals surface area contributed by atoms with E-state index in [1.807, 2.05) is 36.4 Å². The van der Waals surface area contributed by atoms with Crippen LogP contribution < -0.4 is 9.47 Å². The summed E-state index contributed by atoms with van der Waals surface area (Å²) < 4.78 is 42.9. The van der Waals surface area contributed by atoms with Gasteiger partial charge in [0.2, 0.25) is 0 Å². The molecule has 0 radical (unpaired) electrons. The van der Waals surface area contributed by atoms with Gasteiger partial charge in [0.05, 0.1) is 7.11 Å². The highest BCUT2D eigenvalue weighted by Gasteiger charge is 2.45. The first kappa shape index (κ1) is 29.0. The Balaban J connectivity index is 1.33. The zero-order valence-electron chi connectivity index (χ0n) is 27.5. The van der Waals surface area contributed by atoms with E-state index in [-0.39, 0.29) is 17.0 Å². The molecule has 0 bridgehead atoms. The van der Waals surface area contributed by atoms with E-state index in [1.165, 1.54) is 34.4 Å². The lowest BCUT2D eigenvalue weighted by molar-refractivity contribution is 0.163. The highest BCUT2D eigenvalue weighted by molar-refractivity contribution is 6.08. The zero-order chi connectivity index (χ0) is 33.2. The van der Waals surface area contributed by atoms with E-state index in [0.29, 0.717) is 11.1 Å². The fourth-order valence-corrected chi connectivity index (χ4v) is 8.68. The van der Waals surface area contributed by atoms with Gasteiger partial charge < -0.3 is 9.47 Å². The number of benzene rings is 6. The van der Waals surface area contributed by atoms with Crippen LogP contribution in [0.25, 0.3) is 39.1 Å². The van der Waals surface area contributed by atoms with E-state index in [9.17, 15) is 4.39 Å². The quantitative estimate of drug-likeness (QED) is 0.193. The second-order valence-corrected chi connectivity index (χ2v) is 14.3. The Morgan fingerprint density at radius 2 is 1.27 bits per heavy atom. The zero-order valence-corrected chi connectivity index (χ0v) is 27.5. The summed E-state index contributed by atoms with van der Waals surface area (Å²) in [5.41, 5.74) is 10.00. The van der Waals surface area contributed by atoms with E-state index < -0.39 is 11.0 Å². The Morgan fingerprint density at radius 3 is 2.06 bits per heavy atom. The van der Waals surface area contributed by atoms with Crippen molar-refractivity contribution in [3.05, 3.63) is 160 Å². The smallest absolute Gasteiger partial charge is 0.178 e. The summed E-state index contributed by atoms with van der Waals surface area (Å²) in [5.74, 6) is 0.750. The maximum atomic E-state index is 15.2. The van der Waals surface area contributed by atoms with Crippen molar-refractivity contribution in [3.63, 3.8) is 0 Å². The van der Waals surface area contributed by atoms with Crippen LogP contribution >= 0.6 is 0 Å². The molecular weight excluding hydrogens is 598 g/mol. The predicted octanol–water partition coefficient (Wildman–Crippen LogP) is 11.1. The van der Waals surface area contributed by atoms with Gasteiger partial charge in [-0.05, 0) is 98.4 Å². The third kappa shape index (κ3) is 3.72. The number of fused-ring (bicyclic) bond motifs is 11. The number of rotatable bonds is 3. The van der Waals surface area contributed by atoms with Crippen LogP contribution in [-0.4, -0.2) is 7.11 Å². The summed E-state index contributed by atoms with van der Waals surface area (Å²) in [6.07, 6.45) is 4.28. The fourth-order valence-electron chi connectivity index (χ4n) is 8.68. The van der Waals surface area contributed by atoms with E-state index >= 15 is 4.39 Å². The third-order valence-electron chi connectivity index (χ3n) is 11.1. The molecule has 1 atom stereocenters. The van der Waals surface area contributed by atoms with E-state index in [2.05, 4.69) is 82.3 Å². The molecule has 1 unspecified atom stereocenters. The lowest BCUT2D eigenvalue weighted by Crippen LogP contribution is -2.35. The maximum absolute atomic E-state index is 15.2. The maximum Gasteiger partial charge on any atom is 0.178 e. The molecule has 6 aromatic rings. The highest BCUT2D eigenvalue weighted by Crippen LogP contribution is 2.59. The van der Waals surface area contributed by atoms with Crippen LogP contribution in [0.2, 0.25) is 0 Å². The van der Waals surface area contributed by atoms with Crippen molar-refractivity contribution < 1.29 is 18.3 Å². The van der Waals surface area contributed by atoms with Crippen LogP contribution in [0.3, 0.4) is 0 Å². The van der Waals surface area contributed by atoms with Crippen molar-refractivity contribution in [1.29, 1.82) is 0 Å². The van der Waals surface area contributed by atoms with Gasteiger partial charge in [0, 0.05) is 32.9 Å². The fraction of sp³-hybridized carbons (Fsp3) is 0.182. The van der Waals surface area contributed by atoms with Crippen LogP contribution in [0.15, 0.2) is 109 Å². The molecule has 4 heteroatoms. The molecule has 0 fully saturated rings. The van der Waals surface area contributed by atoms with Crippen LogP contribution in [0.1, 0.15) is 66.6 Å². The summed E-state index contributed by atoms with van der Waals surface area (Å²) in [6, 6.07) is 33.2. The van der Waals surface area contributed by atoms with Crippen molar-refractivity contribution in [1.82, 2.24) is 0 Å². The van der Waals surface area contributed by atoms with Crippen molar-refractivity contribution in [3.8, 4) is 33.8 Å². The molecule has 0 aromatic heterocycles. The lowest BCUT2D eigenvalue weighted by atomic mass is 9.76. The van der Waals surface area contributed by atoms with E-state index in [1.54, 1.807) is 19.2 Å². The Morgan fingerprint density at radius 1 is 0.604 bits per heavy atom. The topological polar surface area (TPSA) is 18.5 Å². The second kappa shape index (κ2) is 9.67. The van der Waals surface area contributed by atoms with E-state index in [0.717, 1.165) is 50.1 Å². The average molecular weight is 633 g/mol. The summed E-state index contributed by atoms with van der Waals surface area (Å²) in [4.78, 5) is 0. The highest BCUT2D eigenvalue weighted by atomic mass is 19.1. The third-order valence-corrected chi connectivity index (χ3v) is 11.1. The van der Waals surface area contributed by atoms with Crippen LogP contribution in [-0.2, 0) is 16.4 Å². The first-order chi connectivity index (χ1) is 23.0. The van der Waals surface area contributed by atoms with Gasteiger partial charge in [0.1, 0.15) is 23.1 Å². The lowest BCUT2D eigenvalue weighted by Gasteiger charge is -2.39. The van der Waals surface area contributed by atoms with Gasteiger partial charge in [-0.2, -0.15) is 0 Å². The van der Waals surface area contributed by atoms with Crippen molar-refractivity contribution >= 4 is 16.8 Å². The molecule has 48 heavy (non-hydrogen) atoms. The molecular formula is C44H34F2O2. The SMILES string of the molecule is COc1ccc(C2(c3ccc4c(c3)C(C)(C)c3ccccc3-4)C=Cc3c4c(c5ccc(F)cc5c3O2)-c2ccc(F)cc2C4(C)C)cc1. The van der Waals surface area contributed by atoms with Gasteiger partial charge in [0.25, 0.3) is 0 Å². The van der Waals surface area contributed by atoms with Crippen LogP contribution in [0.5, 0.6) is 11.5 Å². The summed E-state index contributed by atoms with van der Waals surface area (Å²) >= 11 is 0. The first-order valence-electron chi connectivity index (χ1n) is 16.4. The molecule has 6 aromatic carbocycles. The molecule has 9 rings (SSSR count). The normalized spacial score (nSPS) is 18.8. The molecule has 1 aliphatic heterocycles. The van der Waals surface area contributed by atoms with Crippen molar-refractivity contribution in [2.45, 2.75) is 44.1 Å². The van der Waals surface area contributed by atoms with Gasteiger partial charge in [-0.3, -0.25) is 0 Å². The van der Waals surface area contributed by atoms with Crippen molar-refractivity contribution in [2.75, 3.05) is 7.11 Å². The molecule has 236 valence electrons. The molecule has 0 N–H and O–H groups in total. The minimum atomic E-state index is -1.03. The largest absolute Gasteiger partial charge is 0.497 e. The van der Waals surface area contributed by atoms with E-state index in [4.69, 9.17) is 9.47 Å². The Bertz CT molecular complexity index is 2380. The molecule has 0 amide bonds. The first-order valence-corrected chi connectivity index (χ1v) is 16.4. The predicted molar refractivity (Wildman–Crippen MR) is 189 cm³/mol. The Hall–Kier alpha value is -5.22. The van der Waals surface area contributed by atoms with Gasteiger partial charge in [-0.15, -0.1) is 0 Å². The van der Waals surface area contributed by atoms with Crippen LogP contribution in [0, 0.1) is 11.6 Å². The van der Waals surface area contributed by atoms with Gasteiger partial charge in [-0.1, -0.05) is 94.4 Å². The molecule has 0 saturated heterocycles. The number of methoxy groups -OCH3 is 1. The Labute approximate surface area is 279 Å². The molecule has 2 nitrogen and oxygen atoms in total. The number of hydrogen-bond acceptors (Lipinski definition) is 2. The minimum Gasteiger partial charge on any atom is -0.497 e. The molecule has 0 spiro atoms. The number of halogens is 2. The summed E-state index contributed by atoms with van der Waals surface area (Å²) in [5, 5.41) is 1.57. The van der Waals surface area contributed by atoms with Gasteiger partial charge in [-0.25, -0.2) is 8.78 Å². The minimum absolute atomic E-state index is 0.207. The summed E-state index contributed by atoms with van der Waals surface area (Å²) in [7, 11) is 1.66. The molecule has 2 aliphatic carbocycles. The van der Waals surface area contributed by atoms with Gasteiger partial charge in [0.15, 0.2) is 5.60 Å².